The number of amides is 1. The number of rotatable bonds is 3. The van der Waals surface area contributed by atoms with Crippen molar-refractivity contribution in [2.45, 2.75) is 18.3 Å². The average Bonchev–Trinajstić information content (AvgIpc) is 3.04. The quantitative estimate of drug-likeness (QED) is 0.402. The van der Waals surface area contributed by atoms with Crippen molar-refractivity contribution in [2.24, 2.45) is 0 Å². The lowest BCUT2D eigenvalue weighted by Gasteiger charge is -2.39. The van der Waals surface area contributed by atoms with E-state index in [9.17, 15) is 39.9 Å². The van der Waals surface area contributed by atoms with E-state index in [4.69, 9.17) is 23.5 Å². The van der Waals surface area contributed by atoms with Gasteiger partial charge in [-0.1, -0.05) is 0 Å². The second-order valence-corrected chi connectivity index (χ2v) is 6.82. The number of hydrogen-bond donors (Lipinski definition) is 0. The molecule has 1 aliphatic rings. The highest BCUT2D eigenvalue weighted by atomic mass is 19.4. The SMILES string of the molecule is [B]/C(C(=O)N1CC(F)(F)C1)=C(\[B])n1nc(-c2cc(C(F)(F)F)cc(C(F)(F)F)c2)nc1[B]. The molecule has 32 heavy (non-hydrogen) atoms. The standard InChI is InChI=1S/C16H7B3F8N4O/c17-9(12(32)30-4-14(20,21)5-30)10(18)31-13(19)28-11(29-31)6-1-7(15(22,23)24)3-8(2-6)16(25,26)27/h1-3H,4-5H2/b10-9+. The fourth-order valence-corrected chi connectivity index (χ4v) is 2.76. The molecule has 0 unspecified atom stereocenters. The summed E-state index contributed by atoms with van der Waals surface area (Å²) in [6.45, 7) is -1.83. The van der Waals surface area contributed by atoms with Crippen LogP contribution >= 0.6 is 0 Å². The van der Waals surface area contributed by atoms with Crippen LogP contribution in [0, 0.1) is 0 Å². The number of hydrogen-bond acceptors (Lipinski definition) is 3. The fourth-order valence-electron chi connectivity index (χ4n) is 2.76. The summed E-state index contributed by atoms with van der Waals surface area (Å²) in [6.07, 6.45) is -10.2. The van der Waals surface area contributed by atoms with Crippen LogP contribution in [0.25, 0.3) is 17.0 Å². The molecule has 0 atom stereocenters. The molecule has 0 bridgehead atoms. The van der Waals surface area contributed by atoms with Gasteiger partial charge < -0.3 is 4.90 Å². The molecule has 162 valence electrons. The maximum Gasteiger partial charge on any atom is 0.416 e. The summed E-state index contributed by atoms with van der Waals surface area (Å²) in [5.41, 5.74) is -6.04. The Hall–Kier alpha value is -2.80. The van der Waals surface area contributed by atoms with Gasteiger partial charge in [0.2, 0.25) is 5.91 Å². The number of carbonyl (C=O) groups excluding carboxylic acids is 1. The molecular weight excluding hydrogens is 449 g/mol. The fraction of sp³-hybridized carbons (Fsp3) is 0.312. The minimum atomic E-state index is -5.11. The van der Waals surface area contributed by atoms with Crippen LogP contribution in [-0.4, -0.2) is 68.1 Å². The number of halogens is 8. The minimum absolute atomic E-state index is 0.0857. The van der Waals surface area contributed by atoms with Crippen LogP contribution in [0.5, 0.6) is 0 Å². The molecule has 0 aliphatic carbocycles. The van der Waals surface area contributed by atoms with Gasteiger partial charge in [0.05, 0.1) is 29.9 Å². The Kier molecular flexibility index (Phi) is 5.71. The highest BCUT2D eigenvalue weighted by Gasteiger charge is 2.46. The van der Waals surface area contributed by atoms with E-state index < -0.39 is 76.6 Å². The number of likely N-dealkylation sites (tertiary alicyclic amines) is 1. The van der Waals surface area contributed by atoms with Gasteiger partial charge in [0.25, 0.3) is 5.92 Å². The van der Waals surface area contributed by atoms with E-state index in [1.165, 1.54) is 0 Å². The van der Waals surface area contributed by atoms with Gasteiger partial charge in [0.15, 0.2) is 13.7 Å². The van der Waals surface area contributed by atoms with Crippen molar-refractivity contribution in [3.05, 3.63) is 34.8 Å². The molecule has 0 N–H and O–H groups in total. The Morgan fingerprint density at radius 2 is 1.47 bits per heavy atom. The zero-order chi connectivity index (χ0) is 24.2. The second-order valence-electron chi connectivity index (χ2n) is 6.82. The van der Waals surface area contributed by atoms with Crippen LogP contribution < -0.4 is 5.72 Å². The van der Waals surface area contributed by atoms with Crippen LogP contribution in [0.2, 0.25) is 0 Å². The van der Waals surface area contributed by atoms with Gasteiger partial charge in [-0.3, -0.25) is 4.79 Å². The van der Waals surface area contributed by atoms with Crippen molar-refractivity contribution in [1.29, 1.82) is 0 Å². The lowest BCUT2D eigenvalue weighted by molar-refractivity contribution is -0.161. The van der Waals surface area contributed by atoms with E-state index in [1.807, 2.05) is 0 Å². The van der Waals surface area contributed by atoms with Crippen LogP contribution in [0.1, 0.15) is 11.1 Å². The Morgan fingerprint density at radius 3 is 1.91 bits per heavy atom. The minimum Gasteiger partial charge on any atom is -0.327 e. The summed E-state index contributed by atoms with van der Waals surface area (Å²) in [5.74, 6) is -4.87. The lowest BCUT2D eigenvalue weighted by Crippen LogP contribution is -2.58. The van der Waals surface area contributed by atoms with E-state index in [0.29, 0.717) is 21.7 Å². The van der Waals surface area contributed by atoms with Crippen molar-refractivity contribution in [2.75, 3.05) is 13.1 Å². The van der Waals surface area contributed by atoms with E-state index in [0.717, 1.165) is 0 Å². The zero-order valence-electron chi connectivity index (χ0n) is 15.6. The third-order valence-electron chi connectivity index (χ3n) is 4.34. The molecule has 16 heteroatoms. The number of carbonyl (C=O) groups is 1. The molecule has 1 aromatic carbocycles. The van der Waals surface area contributed by atoms with E-state index in [-0.39, 0.29) is 6.07 Å². The van der Waals surface area contributed by atoms with Crippen molar-refractivity contribution in [1.82, 2.24) is 19.7 Å². The third-order valence-corrected chi connectivity index (χ3v) is 4.34. The van der Waals surface area contributed by atoms with Gasteiger partial charge in [-0.05, 0) is 29.3 Å². The number of benzene rings is 1. The van der Waals surface area contributed by atoms with E-state index in [1.54, 1.807) is 0 Å². The normalized spacial score (nSPS) is 17.1. The first-order chi connectivity index (χ1) is 14.5. The first-order valence-corrected chi connectivity index (χ1v) is 8.45. The monoisotopic (exact) mass is 456 g/mol. The molecule has 1 aromatic heterocycles. The average molecular weight is 456 g/mol. The molecule has 0 spiro atoms. The van der Waals surface area contributed by atoms with Crippen molar-refractivity contribution in [3.63, 3.8) is 0 Å². The largest absolute Gasteiger partial charge is 0.416 e. The molecule has 5 nitrogen and oxygen atoms in total. The smallest absolute Gasteiger partial charge is 0.327 e. The third kappa shape index (κ3) is 4.68. The van der Waals surface area contributed by atoms with Gasteiger partial charge in [0.1, 0.15) is 15.7 Å². The zero-order valence-corrected chi connectivity index (χ0v) is 15.6. The maximum atomic E-state index is 13.1. The molecule has 3 rings (SSSR count). The Balaban J connectivity index is 2.02. The van der Waals surface area contributed by atoms with Crippen molar-refractivity contribution in [3.8, 4) is 11.4 Å². The lowest BCUT2D eigenvalue weighted by atomic mass is 9.83. The Morgan fingerprint density at radius 1 is 0.969 bits per heavy atom. The Labute approximate surface area is 178 Å². The van der Waals surface area contributed by atoms with E-state index in [2.05, 4.69) is 10.1 Å². The summed E-state index contributed by atoms with van der Waals surface area (Å²) in [5, 5.41) is 3.63. The molecule has 1 amide bonds. The molecule has 2 aromatic rings. The number of nitrogens with zero attached hydrogens (tertiary/aromatic N) is 4. The van der Waals surface area contributed by atoms with Gasteiger partial charge >= 0.3 is 12.4 Å². The molecule has 2 heterocycles. The van der Waals surface area contributed by atoms with Crippen LogP contribution in [0.3, 0.4) is 0 Å². The summed E-state index contributed by atoms with van der Waals surface area (Å²) in [6, 6.07) is 0.646. The molecule has 6 radical (unpaired) electrons. The van der Waals surface area contributed by atoms with Gasteiger partial charge in [-0.2, -0.15) is 26.3 Å². The Bertz CT molecular complexity index is 1070. The predicted molar refractivity (Wildman–Crippen MR) is 97.1 cm³/mol. The summed E-state index contributed by atoms with van der Waals surface area (Å²) in [4.78, 5) is 16.3. The molecule has 1 saturated heterocycles. The van der Waals surface area contributed by atoms with E-state index >= 15 is 0 Å². The topological polar surface area (TPSA) is 51.0 Å². The van der Waals surface area contributed by atoms with Crippen LogP contribution in [0.15, 0.2) is 23.7 Å². The van der Waals surface area contributed by atoms with Crippen molar-refractivity contribution >= 4 is 40.8 Å². The highest BCUT2D eigenvalue weighted by Crippen LogP contribution is 2.38. The maximum absolute atomic E-state index is 13.1. The first-order valence-electron chi connectivity index (χ1n) is 8.45. The molecule has 0 saturated carbocycles. The van der Waals surface area contributed by atoms with Gasteiger partial charge in [-0.15, -0.1) is 5.10 Å². The van der Waals surface area contributed by atoms with Crippen LogP contribution in [-0.2, 0) is 17.1 Å². The number of aromatic nitrogens is 3. The predicted octanol–water partition coefficient (Wildman–Crippen LogP) is 1.72. The highest BCUT2D eigenvalue weighted by molar-refractivity contribution is 6.52. The summed E-state index contributed by atoms with van der Waals surface area (Å²) < 4.78 is 105. The van der Waals surface area contributed by atoms with Crippen molar-refractivity contribution < 1.29 is 39.9 Å². The molecular formula is C16H7B3F8N4O. The summed E-state index contributed by atoms with van der Waals surface area (Å²) >= 11 is 0. The second kappa shape index (κ2) is 7.66. The van der Waals surface area contributed by atoms with Gasteiger partial charge in [-0.25, -0.2) is 18.4 Å². The molecule has 1 aliphatic heterocycles. The first kappa shape index (κ1) is 23.9. The van der Waals surface area contributed by atoms with Gasteiger partial charge in [0, 0.05) is 5.56 Å². The summed E-state index contributed by atoms with van der Waals surface area (Å²) in [7, 11) is 16.8. The molecule has 1 fully saturated rings. The van der Waals surface area contributed by atoms with Crippen LogP contribution in [0.4, 0.5) is 35.1 Å². The number of alkyl halides is 8.